The molecular formula is C19H21FN4O3. The molecule has 2 aliphatic rings. The third kappa shape index (κ3) is 3.47. The Morgan fingerprint density at radius 3 is 2.81 bits per heavy atom. The van der Waals surface area contributed by atoms with E-state index in [1.807, 2.05) is 30.0 Å². The molecule has 1 aromatic heterocycles. The predicted molar refractivity (Wildman–Crippen MR) is 97.5 cm³/mol. The van der Waals surface area contributed by atoms with Gasteiger partial charge in [0.2, 0.25) is 6.79 Å². The highest BCUT2D eigenvalue weighted by atomic mass is 19.1. The van der Waals surface area contributed by atoms with Crippen LogP contribution in [0.25, 0.3) is 0 Å². The molecule has 1 aromatic carbocycles. The van der Waals surface area contributed by atoms with Crippen molar-refractivity contribution in [2.24, 2.45) is 0 Å². The summed E-state index contributed by atoms with van der Waals surface area (Å²) in [5.74, 6) is 1.04. The fourth-order valence-electron chi connectivity index (χ4n) is 3.42. The molecule has 0 aliphatic carbocycles. The van der Waals surface area contributed by atoms with Crippen LogP contribution in [-0.2, 0) is 0 Å². The zero-order valence-electron chi connectivity index (χ0n) is 15.0. The van der Waals surface area contributed by atoms with Crippen LogP contribution in [0.15, 0.2) is 36.7 Å². The van der Waals surface area contributed by atoms with Gasteiger partial charge in [0, 0.05) is 37.9 Å². The van der Waals surface area contributed by atoms with Crippen LogP contribution in [0, 0.1) is 5.82 Å². The van der Waals surface area contributed by atoms with Gasteiger partial charge in [-0.2, -0.15) is 0 Å². The van der Waals surface area contributed by atoms with Gasteiger partial charge in [0.15, 0.2) is 17.3 Å². The Morgan fingerprint density at radius 2 is 2.04 bits per heavy atom. The maximum atomic E-state index is 13.9. The van der Waals surface area contributed by atoms with Crippen molar-refractivity contribution in [3.05, 3.63) is 48.0 Å². The molecule has 1 fully saturated rings. The van der Waals surface area contributed by atoms with Gasteiger partial charge in [-0.1, -0.05) is 12.1 Å². The fourth-order valence-corrected chi connectivity index (χ4v) is 3.42. The van der Waals surface area contributed by atoms with E-state index in [-0.39, 0.29) is 24.7 Å². The SMILES string of the molecule is C[C@@H](NC(=O)N1CCN(c2ccncc2F)CC1)c1cccc2c1OCO2. The van der Waals surface area contributed by atoms with Gasteiger partial charge >= 0.3 is 6.03 Å². The van der Waals surface area contributed by atoms with E-state index in [4.69, 9.17) is 9.47 Å². The highest BCUT2D eigenvalue weighted by Gasteiger charge is 2.26. The lowest BCUT2D eigenvalue weighted by Crippen LogP contribution is -2.52. The molecular weight excluding hydrogens is 351 g/mol. The van der Waals surface area contributed by atoms with Gasteiger partial charge in [0.05, 0.1) is 17.9 Å². The Balaban J connectivity index is 1.36. The second-order valence-electron chi connectivity index (χ2n) is 6.55. The Hall–Kier alpha value is -3.03. The third-order valence-electron chi connectivity index (χ3n) is 4.89. The van der Waals surface area contributed by atoms with Crippen LogP contribution in [0.3, 0.4) is 0 Å². The maximum Gasteiger partial charge on any atom is 0.317 e. The number of nitrogens with one attached hydrogen (secondary N) is 1. The standard InChI is InChI=1S/C19H21FN4O3/c1-13(14-3-2-4-17-18(14)27-12-26-17)22-19(25)24-9-7-23(8-10-24)16-5-6-21-11-15(16)20/h2-6,11,13H,7-10,12H2,1H3,(H,22,25)/t13-/m1/s1. The summed E-state index contributed by atoms with van der Waals surface area (Å²) in [6.45, 7) is 4.29. The second-order valence-corrected chi connectivity index (χ2v) is 6.55. The first-order valence-corrected chi connectivity index (χ1v) is 8.92. The summed E-state index contributed by atoms with van der Waals surface area (Å²) in [6.07, 6.45) is 2.78. The summed E-state index contributed by atoms with van der Waals surface area (Å²) in [7, 11) is 0. The Labute approximate surface area is 156 Å². The van der Waals surface area contributed by atoms with Crippen molar-refractivity contribution in [3.8, 4) is 11.5 Å². The molecule has 0 saturated carbocycles. The predicted octanol–water partition coefficient (Wildman–Crippen LogP) is 2.54. The van der Waals surface area contributed by atoms with Gasteiger partial charge in [0.1, 0.15) is 0 Å². The van der Waals surface area contributed by atoms with E-state index in [1.165, 1.54) is 6.20 Å². The monoisotopic (exact) mass is 372 g/mol. The molecule has 4 rings (SSSR count). The van der Waals surface area contributed by atoms with Crippen LogP contribution in [0.5, 0.6) is 11.5 Å². The highest BCUT2D eigenvalue weighted by molar-refractivity contribution is 5.75. The number of amides is 2. The minimum absolute atomic E-state index is 0.145. The van der Waals surface area contributed by atoms with Crippen LogP contribution >= 0.6 is 0 Å². The van der Waals surface area contributed by atoms with Crippen molar-refractivity contribution in [2.75, 3.05) is 37.9 Å². The molecule has 2 aromatic rings. The van der Waals surface area contributed by atoms with E-state index in [2.05, 4.69) is 10.3 Å². The van der Waals surface area contributed by atoms with Crippen molar-refractivity contribution in [1.29, 1.82) is 0 Å². The normalized spacial score (nSPS) is 17.0. The molecule has 8 heteroatoms. The average Bonchev–Trinajstić information content (AvgIpc) is 3.17. The van der Waals surface area contributed by atoms with E-state index in [0.717, 1.165) is 5.56 Å². The molecule has 2 amide bonds. The number of halogens is 1. The first-order chi connectivity index (χ1) is 13.1. The lowest BCUT2D eigenvalue weighted by molar-refractivity contribution is 0.172. The van der Waals surface area contributed by atoms with Gasteiger partial charge in [-0.25, -0.2) is 9.18 Å². The molecule has 142 valence electrons. The number of anilines is 1. The molecule has 0 bridgehead atoms. The number of piperazine rings is 1. The summed E-state index contributed by atoms with van der Waals surface area (Å²) < 4.78 is 24.8. The second kappa shape index (κ2) is 7.30. The lowest BCUT2D eigenvalue weighted by atomic mass is 10.1. The number of pyridine rings is 1. The van der Waals surface area contributed by atoms with Crippen LogP contribution in [0.4, 0.5) is 14.9 Å². The van der Waals surface area contributed by atoms with Crippen LogP contribution in [0.1, 0.15) is 18.5 Å². The Morgan fingerprint density at radius 1 is 1.22 bits per heavy atom. The van der Waals surface area contributed by atoms with E-state index in [9.17, 15) is 9.18 Å². The fraction of sp³-hybridized carbons (Fsp3) is 0.368. The summed E-state index contributed by atoms with van der Waals surface area (Å²) in [5.41, 5.74) is 1.41. The molecule has 3 heterocycles. The number of para-hydroxylation sites is 1. The van der Waals surface area contributed by atoms with Crippen LogP contribution in [-0.4, -0.2) is 48.9 Å². The van der Waals surface area contributed by atoms with Crippen LogP contribution < -0.4 is 19.7 Å². The minimum atomic E-state index is -0.343. The van der Waals surface area contributed by atoms with E-state index < -0.39 is 0 Å². The molecule has 27 heavy (non-hydrogen) atoms. The number of rotatable bonds is 3. The number of aromatic nitrogens is 1. The number of carbonyl (C=O) groups excluding carboxylic acids is 1. The van der Waals surface area contributed by atoms with Crippen LogP contribution in [0.2, 0.25) is 0 Å². The number of fused-ring (bicyclic) bond motifs is 1. The van der Waals surface area contributed by atoms with Gasteiger partial charge in [0.25, 0.3) is 0 Å². The van der Waals surface area contributed by atoms with Gasteiger partial charge in [-0.15, -0.1) is 0 Å². The first-order valence-electron chi connectivity index (χ1n) is 8.92. The van der Waals surface area contributed by atoms with Crippen molar-refractivity contribution in [1.82, 2.24) is 15.2 Å². The Kier molecular flexibility index (Phi) is 4.70. The summed E-state index contributed by atoms with van der Waals surface area (Å²) in [5, 5.41) is 3.01. The molecule has 0 radical (unpaired) electrons. The maximum absolute atomic E-state index is 13.9. The van der Waals surface area contributed by atoms with E-state index >= 15 is 0 Å². The largest absolute Gasteiger partial charge is 0.454 e. The summed E-state index contributed by atoms with van der Waals surface area (Å²) in [6, 6.07) is 6.94. The summed E-state index contributed by atoms with van der Waals surface area (Å²) >= 11 is 0. The van der Waals surface area contributed by atoms with Crippen molar-refractivity contribution >= 4 is 11.7 Å². The lowest BCUT2D eigenvalue weighted by Gasteiger charge is -2.36. The quantitative estimate of drug-likeness (QED) is 0.897. The van der Waals surface area contributed by atoms with Crippen molar-refractivity contribution < 1.29 is 18.7 Å². The van der Waals surface area contributed by atoms with E-state index in [0.29, 0.717) is 43.4 Å². The average molecular weight is 372 g/mol. The Bertz CT molecular complexity index is 839. The molecule has 0 unspecified atom stereocenters. The smallest absolute Gasteiger partial charge is 0.317 e. The number of hydrogen-bond donors (Lipinski definition) is 1. The number of hydrogen-bond acceptors (Lipinski definition) is 5. The third-order valence-corrected chi connectivity index (χ3v) is 4.89. The zero-order chi connectivity index (χ0) is 18.8. The molecule has 2 aliphatic heterocycles. The number of ether oxygens (including phenoxy) is 2. The molecule has 1 N–H and O–H groups in total. The molecule has 1 saturated heterocycles. The van der Waals surface area contributed by atoms with Crippen molar-refractivity contribution in [3.63, 3.8) is 0 Å². The van der Waals surface area contributed by atoms with Crippen molar-refractivity contribution in [2.45, 2.75) is 13.0 Å². The molecule has 0 spiro atoms. The van der Waals surface area contributed by atoms with Gasteiger partial charge < -0.3 is 24.6 Å². The molecule has 1 atom stereocenters. The first kappa shape index (κ1) is 17.4. The minimum Gasteiger partial charge on any atom is -0.454 e. The summed E-state index contributed by atoms with van der Waals surface area (Å²) in [4.78, 5) is 20.1. The van der Waals surface area contributed by atoms with Gasteiger partial charge in [-0.3, -0.25) is 4.98 Å². The number of urea groups is 1. The number of benzene rings is 1. The highest BCUT2D eigenvalue weighted by Crippen LogP contribution is 2.38. The number of nitrogens with zero attached hydrogens (tertiary/aromatic N) is 3. The molecule has 7 nitrogen and oxygen atoms in total. The zero-order valence-corrected chi connectivity index (χ0v) is 15.0. The number of carbonyl (C=O) groups is 1. The van der Waals surface area contributed by atoms with Gasteiger partial charge in [-0.05, 0) is 19.1 Å². The topological polar surface area (TPSA) is 66.9 Å². The van der Waals surface area contributed by atoms with E-state index in [1.54, 1.807) is 17.2 Å².